The second-order valence-corrected chi connectivity index (χ2v) is 4.31. The SMILES string of the molecule is CC(C)NCc1cc(-c2c(F)cccc2F)on1. The smallest absolute Gasteiger partial charge is 0.173 e. The van der Waals surface area contributed by atoms with Crippen molar-refractivity contribution >= 4 is 0 Å². The summed E-state index contributed by atoms with van der Waals surface area (Å²) >= 11 is 0. The molecule has 0 radical (unpaired) electrons. The predicted octanol–water partition coefficient (Wildman–Crippen LogP) is 3.12. The molecule has 1 aromatic heterocycles. The highest BCUT2D eigenvalue weighted by molar-refractivity contribution is 5.59. The minimum absolute atomic E-state index is 0.103. The summed E-state index contributed by atoms with van der Waals surface area (Å²) in [7, 11) is 0. The van der Waals surface area contributed by atoms with Crippen LogP contribution in [0.2, 0.25) is 0 Å². The fraction of sp³-hybridized carbons (Fsp3) is 0.308. The van der Waals surface area contributed by atoms with E-state index in [1.807, 2.05) is 13.8 Å². The van der Waals surface area contributed by atoms with E-state index in [-0.39, 0.29) is 11.3 Å². The second-order valence-electron chi connectivity index (χ2n) is 4.31. The summed E-state index contributed by atoms with van der Waals surface area (Å²) in [6.07, 6.45) is 0. The Morgan fingerprint density at radius 2 is 1.94 bits per heavy atom. The van der Waals surface area contributed by atoms with Gasteiger partial charge in [0.15, 0.2) is 5.76 Å². The molecule has 18 heavy (non-hydrogen) atoms. The molecule has 1 aromatic carbocycles. The third kappa shape index (κ3) is 2.73. The van der Waals surface area contributed by atoms with E-state index in [0.29, 0.717) is 18.3 Å². The van der Waals surface area contributed by atoms with E-state index in [9.17, 15) is 8.78 Å². The van der Waals surface area contributed by atoms with E-state index >= 15 is 0 Å². The monoisotopic (exact) mass is 252 g/mol. The molecule has 0 saturated heterocycles. The molecule has 2 aromatic rings. The average Bonchev–Trinajstić information content (AvgIpc) is 2.75. The van der Waals surface area contributed by atoms with Gasteiger partial charge in [0.2, 0.25) is 0 Å². The predicted molar refractivity (Wildman–Crippen MR) is 63.8 cm³/mol. The summed E-state index contributed by atoms with van der Waals surface area (Å²) in [4.78, 5) is 0. The van der Waals surface area contributed by atoms with Crippen molar-refractivity contribution in [3.8, 4) is 11.3 Å². The van der Waals surface area contributed by atoms with Gasteiger partial charge in [-0.05, 0) is 12.1 Å². The van der Waals surface area contributed by atoms with Crippen molar-refractivity contribution in [1.29, 1.82) is 0 Å². The number of benzene rings is 1. The zero-order chi connectivity index (χ0) is 13.1. The van der Waals surface area contributed by atoms with E-state index in [1.165, 1.54) is 24.3 Å². The lowest BCUT2D eigenvalue weighted by Gasteiger charge is -2.03. The van der Waals surface area contributed by atoms with Crippen LogP contribution < -0.4 is 5.32 Å². The van der Waals surface area contributed by atoms with E-state index in [2.05, 4.69) is 10.5 Å². The van der Waals surface area contributed by atoms with E-state index < -0.39 is 11.6 Å². The van der Waals surface area contributed by atoms with E-state index in [0.717, 1.165) is 0 Å². The van der Waals surface area contributed by atoms with E-state index in [4.69, 9.17) is 4.52 Å². The van der Waals surface area contributed by atoms with Crippen LogP contribution in [0.25, 0.3) is 11.3 Å². The van der Waals surface area contributed by atoms with Crippen molar-refractivity contribution in [2.24, 2.45) is 0 Å². The Morgan fingerprint density at radius 1 is 1.28 bits per heavy atom. The fourth-order valence-corrected chi connectivity index (χ4v) is 1.55. The van der Waals surface area contributed by atoms with Crippen LogP contribution >= 0.6 is 0 Å². The molecule has 3 nitrogen and oxygen atoms in total. The van der Waals surface area contributed by atoms with Crippen LogP contribution in [0, 0.1) is 11.6 Å². The molecule has 0 aliphatic rings. The van der Waals surface area contributed by atoms with Gasteiger partial charge in [-0.3, -0.25) is 0 Å². The third-order valence-corrected chi connectivity index (χ3v) is 2.46. The highest BCUT2D eigenvalue weighted by Gasteiger charge is 2.15. The zero-order valence-corrected chi connectivity index (χ0v) is 10.2. The summed E-state index contributed by atoms with van der Waals surface area (Å²) in [5, 5.41) is 6.92. The normalized spacial score (nSPS) is 11.2. The Morgan fingerprint density at radius 3 is 2.56 bits per heavy atom. The van der Waals surface area contributed by atoms with Crippen LogP contribution in [-0.2, 0) is 6.54 Å². The van der Waals surface area contributed by atoms with Gasteiger partial charge in [0.1, 0.15) is 11.6 Å². The van der Waals surface area contributed by atoms with Crippen LogP contribution in [0.5, 0.6) is 0 Å². The largest absolute Gasteiger partial charge is 0.356 e. The van der Waals surface area contributed by atoms with Crippen LogP contribution in [0.15, 0.2) is 28.8 Å². The van der Waals surface area contributed by atoms with Gasteiger partial charge < -0.3 is 9.84 Å². The molecule has 2 rings (SSSR count). The first-order chi connectivity index (χ1) is 8.58. The van der Waals surface area contributed by atoms with Gasteiger partial charge in [-0.25, -0.2) is 8.78 Å². The molecule has 5 heteroatoms. The third-order valence-electron chi connectivity index (χ3n) is 2.46. The summed E-state index contributed by atoms with van der Waals surface area (Å²) in [5.74, 6) is -1.21. The lowest BCUT2D eigenvalue weighted by molar-refractivity contribution is 0.413. The number of nitrogens with zero attached hydrogens (tertiary/aromatic N) is 1. The summed E-state index contributed by atoms with van der Waals surface area (Å²) in [6.45, 7) is 4.49. The molecular weight excluding hydrogens is 238 g/mol. The standard InChI is InChI=1S/C13H14F2N2O/c1-8(2)16-7-9-6-12(18-17-9)13-10(14)4-3-5-11(13)15/h3-6,8,16H,7H2,1-2H3. The molecule has 1 heterocycles. The molecule has 0 bridgehead atoms. The molecule has 96 valence electrons. The van der Waals surface area contributed by atoms with Crippen LogP contribution in [0.4, 0.5) is 8.78 Å². The first-order valence-corrected chi connectivity index (χ1v) is 5.71. The molecule has 0 atom stereocenters. The quantitative estimate of drug-likeness (QED) is 0.908. The number of rotatable bonds is 4. The van der Waals surface area contributed by atoms with Crippen molar-refractivity contribution in [2.75, 3.05) is 0 Å². The second kappa shape index (κ2) is 5.27. The molecule has 0 unspecified atom stereocenters. The Balaban J connectivity index is 2.24. The lowest BCUT2D eigenvalue weighted by atomic mass is 10.1. The maximum Gasteiger partial charge on any atom is 0.173 e. The highest BCUT2D eigenvalue weighted by atomic mass is 19.1. The van der Waals surface area contributed by atoms with Crippen molar-refractivity contribution in [3.63, 3.8) is 0 Å². The Labute approximate surface area is 104 Å². The number of nitrogens with one attached hydrogen (secondary N) is 1. The Hall–Kier alpha value is -1.75. The van der Waals surface area contributed by atoms with Crippen LogP contribution in [-0.4, -0.2) is 11.2 Å². The summed E-state index contributed by atoms with van der Waals surface area (Å²) in [6, 6.07) is 5.53. The van der Waals surface area contributed by atoms with Crippen LogP contribution in [0.3, 0.4) is 0 Å². The molecule has 0 aliphatic carbocycles. The molecule has 0 aliphatic heterocycles. The molecule has 0 amide bonds. The van der Waals surface area contributed by atoms with Gasteiger partial charge in [0.25, 0.3) is 0 Å². The summed E-state index contributed by atoms with van der Waals surface area (Å²) < 4.78 is 32.0. The van der Waals surface area contributed by atoms with Gasteiger partial charge >= 0.3 is 0 Å². The topological polar surface area (TPSA) is 38.1 Å². The number of hydrogen-bond acceptors (Lipinski definition) is 3. The number of hydrogen-bond donors (Lipinski definition) is 1. The molecule has 0 spiro atoms. The van der Waals surface area contributed by atoms with Gasteiger partial charge in [0.05, 0.1) is 11.3 Å². The van der Waals surface area contributed by atoms with E-state index in [1.54, 1.807) is 0 Å². The van der Waals surface area contributed by atoms with Gasteiger partial charge in [0, 0.05) is 18.7 Å². The van der Waals surface area contributed by atoms with Crippen LogP contribution in [0.1, 0.15) is 19.5 Å². The molecular formula is C13H14F2N2O. The van der Waals surface area contributed by atoms with Gasteiger partial charge in [-0.1, -0.05) is 25.1 Å². The number of halogens is 2. The summed E-state index contributed by atoms with van der Waals surface area (Å²) in [5.41, 5.74) is 0.433. The maximum atomic E-state index is 13.5. The fourth-order valence-electron chi connectivity index (χ4n) is 1.55. The molecule has 0 fully saturated rings. The molecule has 0 saturated carbocycles. The Kier molecular flexibility index (Phi) is 3.72. The minimum atomic E-state index is -0.658. The molecule has 1 N–H and O–H groups in total. The van der Waals surface area contributed by atoms with Crippen molar-refractivity contribution in [3.05, 3.63) is 41.6 Å². The Bertz CT molecular complexity index is 517. The first kappa shape index (κ1) is 12.7. The van der Waals surface area contributed by atoms with Gasteiger partial charge in [-0.2, -0.15) is 0 Å². The average molecular weight is 252 g/mol. The van der Waals surface area contributed by atoms with Crippen molar-refractivity contribution in [2.45, 2.75) is 26.4 Å². The lowest BCUT2D eigenvalue weighted by Crippen LogP contribution is -2.21. The van der Waals surface area contributed by atoms with Crippen molar-refractivity contribution < 1.29 is 13.3 Å². The highest BCUT2D eigenvalue weighted by Crippen LogP contribution is 2.26. The minimum Gasteiger partial charge on any atom is -0.356 e. The first-order valence-electron chi connectivity index (χ1n) is 5.71. The van der Waals surface area contributed by atoms with Gasteiger partial charge in [-0.15, -0.1) is 0 Å². The van der Waals surface area contributed by atoms with Crippen molar-refractivity contribution in [1.82, 2.24) is 10.5 Å². The maximum absolute atomic E-state index is 13.5. The zero-order valence-electron chi connectivity index (χ0n) is 10.2. The number of aromatic nitrogens is 1.